The maximum atomic E-state index is 11.5. The average molecular weight is 271 g/mol. The van der Waals surface area contributed by atoms with Gasteiger partial charge in [-0.1, -0.05) is 18.2 Å². The number of hydrogen-bond donors (Lipinski definition) is 2. The Morgan fingerprint density at radius 3 is 3.20 bits per heavy atom. The van der Waals surface area contributed by atoms with Crippen molar-refractivity contribution >= 4 is 5.69 Å². The molecule has 0 aliphatic carbocycles. The molecule has 0 atom stereocenters. The van der Waals surface area contributed by atoms with E-state index in [4.69, 9.17) is 0 Å². The molecule has 0 saturated heterocycles. The van der Waals surface area contributed by atoms with Crippen LogP contribution in [0, 0.1) is 0 Å². The lowest BCUT2D eigenvalue weighted by atomic mass is 10.1. The Morgan fingerprint density at radius 1 is 1.30 bits per heavy atom. The van der Waals surface area contributed by atoms with Crippen LogP contribution in [-0.2, 0) is 26.1 Å². The third-order valence-electron chi connectivity index (χ3n) is 4.17. The van der Waals surface area contributed by atoms with Gasteiger partial charge in [0.05, 0.1) is 6.54 Å². The predicted molar refractivity (Wildman–Crippen MR) is 75.6 cm³/mol. The second-order valence-electron chi connectivity index (χ2n) is 5.44. The molecule has 0 unspecified atom stereocenters. The highest BCUT2D eigenvalue weighted by atomic mass is 16.1. The Hall–Kier alpha value is -2.08. The molecule has 0 radical (unpaired) electrons. The maximum absolute atomic E-state index is 11.5. The third kappa shape index (κ3) is 1.84. The Labute approximate surface area is 116 Å². The van der Waals surface area contributed by atoms with Gasteiger partial charge in [0, 0.05) is 31.9 Å². The molecule has 2 aromatic rings. The standard InChI is InChI=1S/C14H17N5O/c20-14-17-16-12-9-18(6-7-19(12)14)8-11-3-1-2-10-4-5-15-13(10)11/h1-3,15H,4-9H2,(H,17,20). The zero-order chi connectivity index (χ0) is 13.5. The number of benzene rings is 1. The fourth-order valence-electron chi connectivity index (χ4n) is 3.14. The monoisotopic (exact) mass is 271 g/mol. The van der Waals surface area contributed by atoms with E-state index in [0.29, 0.717) is 6.54 Å². The van der Waals surface area contributed by atoms with E-state index < -0.39 is 0 Å². The summed E-state index contributed by atoms with van der Waals surface area (Å²) in [4.78, 5) is 13.8. The van der Waals surface area contributed by atoms with Crippen molar-refractivity contribution in [1.82, 2.24) is 19.7 Å². The van der Waals surface area contributed by atoms with Crippen molar-refractivity contribution in [2.75, 3.05) is 18.4 Å². The van der Waals surface area contributed by atoms with Crippen molar-refractivity contribution in [2.24, 2.45) is 0 Å². The molecule has 2 aliphatic heterocycles. The van der Waals surface area contributed by atoms with Crippen LogP contribution in [-0.4, -0.2) is 32.8 Å². The van der Waals surface area contributed by atoms with Gasteiger partial charge in [-0.3, -0.25) is 9.47 Å². The summed E-state index contributed by atoms with van der Waals surface area (Å²) in [6.45, 7) is 4.26. The van der Waals surface area contributed by atoms with E-state index in [1.54, 1.807) is 4.57 Å². The van der Waals surface area contributed by atoms with Crippen molar-refractivity contribution in [3.05, 3.63) is 45.6 Å². The number of para-hydroxylation sites is 1. The SMILES string of the molecule is O=c1[nH]nc2n1CCN(Cc1cccc3c1NCC3)C2. The third-order valence-corrected chi connectivity index (χ3v) is 4.17. The van der Waals surface area contributed by atoms with Gasteiger partial charge in [0.1, 0.15) is 5.82 Å². The first-order chi connectivity index (χ1) is 9.81. The van der Waals surface area contributed by atoms with Gasteiger partial charge >= 0.3 is 5.69 Å². The highest BCUT2D eigenvalue weighted by Gasteiger charge is 2.21. The minimum absolute atomic E-state index is 0.0954. The van der Waals surface area contributed by atoms with Crippen LogP contribution >= 0.6 is 0 Å². The summed E-state index contributed by atoms with van der Waals surface area (Å²) in [5.74, 6) is 0.835. The number of aromatic nitrogens is 3. The highest BCUT2D eigenvalue weighted by molar-refractivity contribution is 5.61. The highest BCUT2D eigenvalue weighted by Crippen LogP contribution is 2.27. The van der Waals surface area contributed by atoms with Crippen LogP contribution in [0.4, 0.5) is 5.69 Å². The van der Waals surface area contributed by atoms with Crippen LogP contribution in [0.15, 0.2) is 23.0 Å². The van der Waals surface area contributed by atoms with Crippen LogP contribution in [0.3, 0.4) is 0 Å². The molecule has 104 valence electrons. The molecule has 0 saturated carbocycles. The number of anilines is 1. The molecule has 4 rings (SSSR count). The summed E-state index contributed by atoms with van der Waals surface area (Å²) in [7, 11) is 0. The van der Waals surface area contributed by atoms with Gasteiger partial charge in [-0.2, -0.15) is 5.10 Å². The number of aromatic amines is 1. The van der Waals surface area contributed by atoms with Gasteiger partial charge < -0.3 is 5.32 Å². The zero-order valence-corrected chi connectivity index (χ0v) is 11.2. The summed E-state index contributed by atoms with van der Waals surface area (Å²) < 4.78 is 1.73. The second kappa shape index (κ2) is 4.49. The van der Waals surface area contributed by atoms with E-state index in [2.05, 4.69) is 38.6 Å². The molecule has 2 N–H and O–H groups in total. The molecule has 0 bridgehead atoms. The van der Waals surface area contributed by atoms with Crippen molar-refractivity contribution in [1.29, 1.82) is 0 Å². The number of H-pyrrole nitrogens is 1. The first kappa shape index (κ1) is 11.7. The van der Waals surface area contributed by atoms with Gasteiger partial charge in [-0.15, -0.1) is 0 Å². The molecule has 2 aliphatic rings. The predicted octanol–water partition coefficient (Wildman–Crippen LogP) is 0.555. The molecule has 1 aromatic heterocycles. The lowest BCUT2D eigenvalue weighted by Crippen LogP contribution is -2.36. The number of nitrogens with one attached hydrogen (secondary N) is 2. The summed E-state index contributed by atoms with van der Waals surface area (Å²) in [6, 6.07) is 6.51. The van der Waals surface area contributed by atoms with Gasteiger partial charge in [0.15, 0.2) is 0 Å². The Bertz CT molecular complexity index is 702. The quantitative estimate of drug-likeness (QED) is 0.837. The fraction of sp³-hybridized carbons (Fsp3) is 0.429. The van der Waals surface area contributed by atoms with E-state index in [9.17, 15) is 4.79 Å². The van der Waals surface area contributed by atoms with Crippen molar-refractivity contribution in [3.8, 4) is 0 Å². The van der Waals surface area contributed by atoms with Gasteiger partial charge in [0.2, 0.25) is 0 Å². The van der Waals surface area contributed by atoms with Crippen LogP contribution in [0.2, 0.25) is 0 Å². The molecular weight excluding hydrogens is 254 g/mol. The summed E-state index contributed by atoms with van der Waals surface area (Å²) in [5.41, 5.74) is 3.96. The molecule has 0 spiro atoms. The molecule has 20 heavy (non-hydrogen) atoms. The number of hydrogen-bond acceptors (Lipinski definition) is 4. The molecule has 0 amide bonds. The molecule has 6 heteroatoms. The first-order valence-corrected chi connectivity index (χ1v) is 7.02. The van der Waals surface area contributed by atoms with E-state index in [0.717, 1.165) is 38.4 Å². The van der Waals surface area contributed by atoms with E-state index in [-0.39, 0.29) is 5.69 Å². The van der Waals surface area contributed by atoms with Crippen LogP contribution in [0.5, 0.6) is 0 Å². The van der Waals surface area contributed by atoms with Gasteiger partial charge in [0.25, 0.3) is 0 Å². The van der Waals surface area contributed by atoms with E-state index >= 15 is 0 Å². The van der Waals surface area contributed by atoms with Crippen LogP contribution < -0.4 is 11.0 Å². The number of rotatable bonds is 2. The summed E-state index contributed by atoms with van der Waals surface area (Å²) in [5, 5.41) is 10.1. The number of nitrogens with zero attached hydrogens (tertiary/aromatic N) is 3. The van der Waals surface area contributed by atoms with Crippen molar-refractivity contribution < 1.29 is 0 Å². The van der Waals surface area contributed by atoms with Crippen LogP contribution in [0.1, 0.15) is 17.0 Å². The van der Waals surface area contributed by atoms with Crippen molar-refractivity contribution in [3.63, 3.8) is 0 Å². The van der Waals surface area contributed by atoms with Crippen molar-refractivity contribution in [2.45, 2.75) is 26.1 Å². The number of fused-ring (bicyclic) bond motifs is 2. The molecule has 0 fully saturated rings. The smallest absolute Gasteiger partial charge is 0.343 e. The Kier molecular flexibility index (Phi) is 2.63. The second-order valence-corrected chi connectivity index (χ2v) is 5.44. The molecular formula is C14H17N5O. The minimum atomic E-state index is -0.0954. The molecule has 1 aromatic carbocycles. The lowest BCUT2D eigenvalue weighted by Gasteiger charge is -2.27. The maximum Gasteiger partial charge on any atom is 0.343 e. The van der Waals surface area contributed by atoms with E-state index in [1.165, 1.54) is 16.8 Å². The normalized spacial score (nSPS) is 17.6. The molecule has 3 heterocycles. The fourth-order valence-corrected chi connectivity index (χ4v) is 3.14. The summed E-state index contributed by atoms with van der Waals surface area (Å²) >= 11 is 0. The topological polar surface area (TPSA) is 66.0 Å². The van der Waals surface area contributed by atoms with Gasteiger partial charge in [-0.05, 0) is 17.5 Å². The summed E-state index contributed by atoms with van der Waals surface area (Å²) in [6.07, 6.45) is 1.11. The lowest BCUT2D eigenvalue weighted by molar-refractivity contribution is 0.207. The Morgan fingerprint density at radius 2 is 2.25 bits per heavy atom. The molecule has 6 nitrogen and oxygen atoms in total. The first-order valence-electron chi connectivity index (χ1n) is 7.02. The average Bonchev–Trinajstić information content (AvgIpc) is 3.07. The van der Waals surface area contributed by atoms with Crippen LogP contribution in [0.25, 0.3) is 0 Å². The van der Waals surface area contributed by atoms with E-state index in [1.807, 2.05) is 0 Å². The minimum Gasteiger partial charge on any atom is -0.384 e. The largest absolute Gasteiger partial charge is 0.384 e. The zero-order valence-electron chi connectivity index (χ0n) is 11.2. The van der Waals surface area contributed by atoms with Gasteiger partial charge in [-0.25, -0.2) is 9.89 Å². The Balaban J connectivity index is 1.56.